The third kappa shape index (κ3) is 3.17. The van der Waals surface area contributed by atoms with Crippen LogP contribution in [0, 0.1) is 5.92 Å². The average Bonchev–Trinajstić information content (AvgIpc) is 3.15. The minimum Gasteiger partial charge on any atom is -0.377 e. The van der Waals surface area contributed by atoms with Crippen molar-refractivity contribution in [1.82, 2.24) is 9.88 Å². The van der Waals surface area contributed by atoms with Gasteiger partial charge in [-0.25, -0.2) is 4.98 Å². The van der Waals surface area contributed by atoms with Gasteiger partial charge >= 0.3 is 0 Å². The molecule has 1 aliphatic carbocycles. The van der Waals surface area contributed by atoms with E-state index >= 15 is 0 Å². The highest BCUT2D eigenvalue weighted by Crippen LogP contribution is 2.35. The summed E-state index contributed by atoms with van der Waals surface area (Å²) in [6, 6.07) is 0.158. The molecule has 2 heterocycles. The molecular weight excluding hydrogens is 288 g/mol. The van der Waals surface area contributed by atoms with Gasteiger partial charge in [0.05, 0.1) is 30.9 Å². The molecule has 6 heteroatoms. The highest BCUT2D eigenvalue weighted by Gasteiger charge is 2.43. The van der Waals surface area contributed by atoms with E-state index in [1.165, 1.54) is 11.3 Å². The standard InChI is InChI=1S/C15H20N2O3S/c1-2-4-19-8-11-6-13-14(7-11)20-5-3-17(13)15(18)12-9-21-10-16-12/h2,9-11,13-14H,1,3-8H2/t11-,13+,14+/m1/s1. The molecule has 0 N–H and O–H groups in total. The second kappa shape index (κ2) is 6.68. The van der Waals surface area contributed by atoms with E-state index in [9.17, 15) is 4.79 Å². The third-order valence-electron chi connectivity index (χ3n) is 4.14. The first-order valence-corrected chi connectivity index (χ1v) is 8.23. The smallest absolute Gasteiger partial charge is 0.273 e. The number of morpholine rings is 1. The number of carbonyl (C=O) groups is 1. The first-order chi connectivity index (χ1) is 10.3. The Kier molecular flexibility index (Phi) is 4.67. The van der Waals surface area contributed by atoms with Crippen LogP contribution in [0.15, 0.2) is 23.5 Å². The Morgan fingerprint density at radius 3 is 3.29 bits per heavy atom. The van der Waals surface area contributed by atoms with E-state index < -0.39 is 0 Å². The largest absolute Gasteiger partial charge is 0.377 e. The predicted molar refractivity (Wildman–Crippen MR) is 80.4 cm³/mol. The molecule has 1 saturated heterocycles. The van der Waals surface area contributed by atoms with Crippen LogP contribution in [0.5, 0.6) is 0 Å². The molecule has 2 fully saturated rings. The molecule has 1 aromatic heterocycles. The molecule has 1 aliphatic heterocycles. The van der Waals surface area contributed by atoms with E-state index in [0.717, 1.165) is 12.8 Å². The van der Waals surface area contributed by atoms with Crippen LogP contribution in [0.25, 0.3) is 0 Å². The summed E-state index contributed by atoms with van der Waals surface area (Å²) in [5.74, 6) is 0.478. The molecule has 3 atom stereocenters. The number of hydrogen-bond donors (Lipinski definition) is 0. The molecule has 2 aliphatic rings. The Morgan fingerprint density at radius 1 is 1.62 bits per heavy atom. The van der Waals surface area contributed by atoms with Gasteiger partial charge in [0.1, 0.15) is 5.69 Å². The van der Waals surface area contributed by atoms with E-state index in [2.05, 4.69) is 11.6 Å². The summed E-state index contributed by atoms with van der Waals surface area (Å²) < 4.78 is 11.4. The Morgan fingerprint density at radius 2 is 2.52 bits per heavy atom. The fraction of sp³-hybridized carbons (Fsp3) is 0.600. The van der Waals surface area contributed by atoms with Crippen molar-refractivity contribution in [3.63, 3.8) is 0 Å². The first-order valence-electron chi connectivity index (χ1n) is 7.29. The Labute approximate surface area is 128 Å². The molecule has 1 amide bonds. The lowest BCUT2D eigenvalue weighted by molar-refractivity contribution is -0.0451. The summed E-state index contributed by atoms with van der Waals surface area (Å²) in [7, 11) is 0. The van der Waals surface area contributed by atoms with E-state index in [1.807, 2.05) is 10.3 Å². The highest BCUT2D eigenvalue weighted by atomic mass is 32.1. The minimum atomic E-state index is 0.0298. The van der Waals surface area contributed by atoms with Gasteiger partial charge in [-0.1, -0.05) is 6.08 Å². The Bertz CT molecular complexity index is 491. The van der Waals surface area contributed by atoms with Crippen LogP contribution >= 0.6 is 11.3 Å². The summed E-state index contributed by atoms with van der Waals surface area (Å²) in [6.07, 6.45) is 3.80. The normalized spacial score (nSPS) is 28.4. The predicted octanol–water partition coefficient (Wildman–Crippen LogP) is 1.97. The van der Waals surface area contributed by atoms with Gasteiger partial charge in [0.2, 0.25) is 0 Å². The lowest BCUT2D eigenvalue weighted by Gasteiger charge is -2.37. The third-order valence-corrected chi connectivity index (χ3v) is 4.72. The zero-order valence-corrected chi connectivity index (χ0v) is 12.8. The number of carbonyl (C=O) groups excluding carboxylic acids is 1. The number of rotatable bonds is 5. The molecule has 0 aromatic carbocycles. The van der Waals surface area contributed by atoms with Crippen molar-refractivity contribution in [1.29, 1.82) is 0 Å². The second-order valence-corrected chi connectivity index (χ2v) is 6.23. The molecule has 0 bridgehead atoms. The van der Waals surface area contributed by atoms with Gasteiger partial charge < -0.3 is 14.4 Å². The maximum Gasteiger partial charge on any atom is 0.273 e. The van der Waals surface area contributed by atoms with Gasteiger partial charge in [0.25, 0.3) is 5.91 Å². The molecule has 5 nitrogen and oxygen atoms in total. The molecule has 21 heavy (non-hydrogen) atoms. The number of hydrogen-bond acceptors (Lipinski definition) is 5. The van der Waals surface area contributed by atoms with Crippen molar-refractivity contribution in [2.24, 2.45) is 5.92 Å². The Hall–Kier alpha value is -1.24. The summed E-state index contributed by atoms with van der Waals surface area (Å²) in [4.78, 5) is 18.6. The van der Waals surface area contributed by atoms with Crippen LogP contribution in [-0.2, 0) is 9.47 Å². The van der Waals surface area contributed by atoms with Gasteiger partial charge in [-0.15, -0.1) is 17.9 Å². The van der Waals surface area contributed by atoms with Gasteiger partial charge in [-0.3, -0.25) is 4.79 Å². The lowest BCUT2D eigenvalue weighted by atomic mass is 10.1. The first kappa shape index (κ1) is 14.7. The fourth-order valence-electron chi connectivity index (χ4n) is 3.22. The molecular formula is C15H20N2O3S. The van der Waals surface area contributed by atoms with Crippen LogP contribution in [0.4, 0.5) is 0 Å². The monoisotopic (exact) mass is 308 g/mol. The quantitative estimate of drug-likeness (QED) is 0.616. The summed E-state index contributed by atoms with van der Waals surface area (Å²) >= 11 is 1.45. The van der Waals surface area contributed by atoms with Gasteiger partial charge in [-0.2, -0.15) is 0 Å². The summed E-state index contributed by atoms with van der Waals surface area (Å²) in [5, 5.41) is 1.81. The number of aromatic nitrogens is 1. The molecule has 1 saturated carbocycles. The summed E-state index contributed by atoms with van der Waals surface area (Å²) in [6.45, 7) is 6.20. The maximum absolute atomic E-state index is 12.5. The molecule has 0 radical (unpaired) electrons. The number of nitrogens with zero attached hydrogens (tertiary/aromatic N) is 2. The van der Waals surface area contributed by atoms with Crippen LogP contribution in [-0.4, -0.2) is 54.3 Å². The average molecular weight is 308 g/mol. The number of thiazole rings is 1. The van der Waals surface area contributed by atoms with E-state index in [0.29, 0.717) is 38.0 Å². The fourth-order valence-corrected chi connectivity index (χ4v) is 3.75. The Balaban J connectivity index is 1.64. The molecule has 0 unspecified atom stereocenters. The molecule has 1 aromatic rings. The zero-order valence-electron chi connectivity index (χ0n) is 11.9. The van der Waals surface area contributed by atoms with E-state index in [1.54, 1.807) is 11.6 Å². The number of amides is 1. The molecule has 3 rings (SSSR count). The van der Waals surface area contributed by atoms with Crippen LogP contribution in [0.3, 0.4) is 0 Å². The number of ether oxygens (including phenoxy) is 2. The van der Waals surface area contributed by atoms with Gasteiger partial charge in [0.15, 0.2) is 0 Å². The van der Waals surface area contributed by atoms with Crippen LogP contribution in [0.1, 0.15) is 23.3 Å². The molecule has 0 spiro atoms. The van der Waals surface area contributed by atoms with Crippen molar-refractivity contribution in [2.45, 2.75) is 25.0 Å². The van der Waals surface area contributed by atoms with Crippen molar-refractivity contribution in [3.05, 3.63) is 29.2 Å². The zero-order chi connectivity index (χ0) is 14.7. The topological polar surface area (TPSA) is 51.7 Å². The number of fused-ring (bicyclic) bond motifs is 1. The van der Waals surface area contributed by atoms with Gasteiger partial charge in [-0.05, 0) is 18.8 Å². The van der Waals surface area contributed by atoms with E-state index in [-0.39, 0.29) is 18.1 Å². The van der Waals surface area contributed by atoms with Crippen molar-refractivity contribution < 1.29 is 14.3 Å². The van der Waals surface area contributed by atoms with Crippen molar-refractivity contribution in [2.75, 3.05) is 26.4 Å². The van der Waals surface area contributed by atoms with Gasteiger partial charge in [0, 0.05) is 18.5 Å². The molecule has 114 valence electrons. The van der Waals surface area contributed by atoms with E-state index in [4.69, 9.17) is 9.47 Å². The minimum absolute atomic E-state index is 0.0298. The summed E-state index contributed by atoms with van der Waals surface area (Å²) in [5.41, 5.74) is 2.25. The highest BCUT2D eigenvalue weighted by molar-refractivity contribution is 7.07. The van der Waals surface area contributed by atoms with Crippen molar-refractivity contribution in [3.8, 4) is 0 Å². The second-order valence-electron chi connectivity index (χ2n) is 5.51. The van der Waals surface area contributed by atoms with Crippen molar-refractivity contribution >= 4 is 17.2 Å². The lowest BCUT2D eigenvalue weighted by Crippen LogP contribution is -2.51. The van der Waals surface area contributed by atoms with Crippen LogP contribution < -0.4 is 0 Å². The SMILES string of the molecule is C=CCOC[C@H]1C[C@@H]2OCCN(C(=O)c3cscn3)[C@H]2C1. The maximum atomic E-state index is 12.5. The van der Waals surface area contributed by atoms with Crippen LogP contribution in [0.2, 0.25) is 0 Å².